The highest BCUT2D eigenvalue weighted by Crippen LogP contribution is 2.42. The van der Waals surface area contributed by atoms with E-state index in [0.717, 1.165) is 11.3 Å². The predicted octanol–water partition coefficient (Wildman–Crippen LogP) is 1.94. The summed E-state index contributed by atoms with van der Waals surface area (Å²) in [7, 11) is 2.98. The van der Waals surface area contributed by atoms with Crippen LogP contribution in [-0.2, 0) is 20.9 Å². The zero-order valence-electron chi connectivity index (χ0n) is 13.5. The average molecular weight is 323 g/mol. The fourth-order valence-corrected chi connectivity index (χ4v) is 3.66. The lowest BCUT2D eigenvalue weighted by atomic mass is 9.93. The van der Waals surface area contributed by atoms with Crippen molar-refractivity contribution in [1.82, 2.24) is 4.90 Å². The van der Waals surface area contributed by atoms with Crippen LogP contribution in [0.4, 0.5) is 4.39 Å². The molecular weight excluding hydrogens is 301 g/mol. The van der Waals surface area contributed by atoms with E-state index >= 15 is 0 Å². The van der Waals surface area contributed by atoms with Crippen molar-refractivity contribution in [3.05, 3.63) is 29.8 Å². The monoisotopic (exact) mass is 323 g/mol. The van der Waals surface area contributed by atoms with Gasteiger partial charge in [0.05, 0.1) is 26.9 Å². The van der Waals surface area contributed by atoms with Crippen LogP contribution in [-0.4, -0.2) is 56.0 Å². The Hall–Kier alpha value is -1.66. The lowest BCUT2D eigenvalue weighted by Gasteiger charge is -2.27. The van der Waals surface area contributed by atoms with Gasteiger partial charge in [0.1, 0.15) is 17.5 Å². The molecule has 0 bridgehead atoms. The number of benzene rings is 1. The molecule has 0 saturated carbocycles. The minimum absolute atomic E-state index is 0.0938. The maximum Gasteiger partial charge on any atom is 0.326 e. The molecule has 2 fully saturated rings. The third-order valence-electron chi connectivity index (χ3n) is 4.78. The van der Waals surface area contributed by atoms with Crippen LogP contribution < -0.4 is 4.74 Å². The molecule has 1 aromatic carbocycles. The first-order valence-electron chi connectivity index (χ1n) is 7.79. The summed E-state index contributed by atoms with van der Waals surface area (Å²) >= 11 is 0. The van der Waals surface area contributed by atoms with Crippen LogP contribution in [0.15, 0.2) is 24.3 Å². The van der Waals surface area contributed by atoms with E-state index < -0.39 is 11.7 Å². The van der Waals surface area contributed by atoms with Crippen molar-refractivity contribution < 1.29 is 23.4 Å². The number of hydrogen-bond acceptors (Lipinski definition) is 5. The molecule has 0 aromatic heterocycles. The number of ether oxygens (including phenoxy) is 3. The van der Waals surface area contributed by atoms with Crippen molar-refractivity contribution in [1.29, 1.82) is 0 Å². The van der Waals surface area contributed by atoms with E-state index in [2.05, 4.69) is 0 Å². The van der Waals surface area contributed by atoms with Gasteiger partial charge < -0.3 is 14.2 Å². The summed E-state index contributed by atoms with van der Waals surface area (Å²) < 4.78 is 29.7. The van der Waals surface area contributed by atoms with Gasteiger partial charge in [0, 0.05) is 25.9 Å². The standard InChI is InChI=1S/C17H22FNO4/c1-21-14-5-3-12(4-6-14)11-23-15-8-17(16(20)22-2)7-13(18)9-19(17)10-15/h3-6,13,15H,7-11H2,1-2H3/t13-,15-,17-/m1/s1. The van der Waals surface area contributed by atoms with Crippen LogP contribution in [0.1, 0.15) is 18.4 Å². The molecular formula is C17H22FNO4. The predicted molar refractivity (Wildman–Crippen MR) is 82.0 cm³/mol. The summed E-state index contributed by atoms with van der Waals surface area (Å²) in [5.41, 5.74) is 0.187. The number of nitrogens with zero attached hydrogens (tertiary/aromatic N) is 1. The first kappa shape index (κ1) is 16.2. The Morgan fingerprint density at radius 1 is 1.26 bits per heavy atom. The molecule has 0 aliphatic carbocycles. The topological polar surface area (TPSA) is 48.0 Å². The molecule has 0 radical (unpaired) electrons. The number of methoxy groups -OCH3 is 2. The second-order valence-electron chi connectivity index (χ2n) is 6.21. The van der Waals surface area contributed by atoms with E-state index in [-0.39, 0.29) is 25.0 Å². The van der Waals surface area contributed by atoms with E-state index in [1.807, 2.05) is 29.2 Å². The molecule has 23 heavy (non-hydrogen) atoms. The van der Waals surface area contributed by atoms with Gasteiger partial charge in [0.2, 0.25) is 0 Å². The normalized spacial score (nSPS) is 30.2. The van der Waals surface area contributed by atoms with Gasteiger partial charge in [-0.15, -0.1) is 0 Å². The van der Waals surface area contributed by atoms with Crippen molar-refractivity contribution in [3.8, 4) is 5.75 Å². The number of hydrogen-bond donors (Lipinski definition) is 0. The molecule has 6 heteroatoms. The average Bonchev–Trinajstić information content (AvgIpc) is 3.05. The van der Waals surface area contributed by atoms with Gasteiger partial charge in [-0.1, -0.05) is 12.1 Å². The number of carbonyl (C=O) groups excluding carboxylic acids is 1. The number of esters is 1. The Kier molecular flexibility index (Phi) is 4.55. The number of rotatable bonds is 5. The quantitative estimate of drug-likeness (QED) is 0.775. The summed E-state index contributed by atoms with van der Waals surface area (Å²) in [6.45, 7) is 1.29. The molecule has 0 spiro atoms. The van der Waals surface area contributed by atoms with E-state index in [1.54, 1.807) is 7.11 Å². The maximum absolute atomic E-state index is 13.7. The molecule has 2 heterocycles. The van der Waals surface area contributed by atoms with Crippen molar-refractivity contribution in [3.63, 3.8) is 0 Å². The first-order valence-corrected chi connectivity index (χ1v) is 7.79. The molecule has 126 valence electrons. The van der Waals surface area contributed by atoms with Crippen LogP contribution in [0.25, 0.3) is 0 Å². The van der Waals surface area contributed by atoms with E-state index in [4.69, 9.17) is 14.2 Å². The molecule has 2 aliphatic heterocycles. The molecule has 2 aliphatic rings. The number of carbonyl (C=O) groups is 1. The van der Waals surface area contributed by atoms with Gasteiger partial charge >= 0.3 is 5.97 Å². The molecule has 1 aromatic rings. The fraction of sp³-hybridized carbons (Fsp3) is 0.588. The smallest absolute Gasteiger partial charge is 0.326 e. The van der Waals surface area contributed by atoms with Crippen LogP contribution in [0.5, 0.6) is 5.75 Å². The third-order valence-corrected chi connectivity index (χ3v) is 4.78. The molecule has 0 amide bonds. The van der Waals surface area contributed by atoms with Crippen LogP contribution in [0.3, 0.4) is 0 Å². The van der Waals surface area contributed by atoms with Crippen LogP contribution in [0.2, 0.25) is 0 Å². The molecule has 3 rings (SSSR count). The minimum atomic E-state index is -0.975. The highest BCUT2D eigenvalue weighted by atomic mass is 19.1. The Morgan fingerprint density at radius 3 is 2.65 bits per heavy atom. The molecule has 5 nitrogen and oxygen atoms in total. The van der Waals surface area contributed by atoms with Crippen LogP contribution >= 0.6 is 0 Å². The maximum atomic E-state index is 13.7. The second kappa shape index (κ2) is 6.45. The summed E-state index contributed by atoms with van der Waals surface area (Å²) in [6.07, 6.45) is -0.390. The number of halogens is 1. The molecule has 3 atom stereocenters. The van der Waals surface area contributed by atoms with Gasteiger partial charge in [-0.25, -0.2) is 4.39 Å². The second-order valence-corrected chi connectivity index (χ2v) is 6.21. The van der Waals surface area contributed by atoms with Gasteiger partial charge in [-0.2, -0.15) is 0 Å². The summed E-state index contributed by atoms with van der Waals surface area (Å²) in [6, 6.07) is 7.66. The van der Waals surface area contributed by atoms with E-state index in [1.165, 1.54) is 7.11 Å². The Labute approximate surface area is 135 Å². The van der Waals surface area contributed by atoms with Crippen molar-refractivity contribution >= 4 is 5.97 Å². The third kappa shape index (κ3) is 3.05. The Balaban J connectivity index is 1.61. The largest absolute Gasteiger partial charge is 0.497 e. The first-order chi connectivity index (χ1) is 11.1. The molecule has 0 unspecified atom stereocenters. The number of alkyl halides is 1. The lowest BCUT2D eigenvalue weighted by molar-refractivity contribution is -0.152. The zero-order chi connectivity index (χ0) is 16.4. The van der Waals surface area contributed by atoms with Crippen molar-refractivity contribution in [2.45, 2.75) is 37.3 Å². The molecule has 0 N–H and O–H groups in total. The van der Waals surface area contributed by atoms with Gasteiger partial charge in [0.25, 0.3) is 0 Å². The Bertz CT molecular complexity index is 564. The number of fused-ring (bicyclic) bond motifs is 1. The minimum Gasteiger partial charge on any atom is -0.497 e. The van der Waals surface area contributed by atoms with Gasteiger partial charge in [-0.3, -0.25) is 9.69 Å². The zero-order valence-corrected chi connectivity index (χ0v) is 13.5. The Morgan fingerprint density at radius 2 is 2.00 bits per heavy atom. The molecule has 2 saturated heterocycles. The van der Waals surface area contributed by atoms with E-state index in [9.17, 15) is 9.18 Å². The van der Waals surface area contributed by atoms with Gasteiger partial charge in [0.15, 0.2) is 0 Å². The fourth-order valence-electron chi connectivity index (χ4n) is 3.66. The van der Waals surface area contributed by atoms with Gasteiger partial charge in [-0.05, 0) is 17.7 Å². The van der Waals surface area contributed by atoms with Crippen molar-refractivity contribution in [2.75, 3.05) is 27.3 Å². The summed E-state index contributed by atoms with van der Waals surface area (Å²) in [5.74, 6) is 0.446. The highest BCUT2D eigenvalue weighted by Gasteiger charge is 2.58. The van der Waals surface area contributed by atoms with E-state index in [0.29, 0.717) is 19.6 Å². The van der Waals surface area contributed by atoms with Crippen molar-refractivity contribution in [2.24, 2.45) is 0 Å². The highest BCUT2D eigenvalue weighted by molar-refractivity contribution is 5.82. The van der Waals surface area contributed by atoms with Crippen LogP contribution in [0, 0.1) is 0 Å². The summed E-state index contributed by atoms with van der Waals surface area (Å²) in [5, 5.41) is 0. The SMILES string of the molecule is COC(=O)[C@]12C[C@@H](F)CN1C[C@H](OCc1ccc(OC)cc1)C2. The lowest BCUT2D eigenvalue weighted by Crippen LogP contribution is -2.46. The summed E-state index contributed by atoms with van der Waals surface area (Å²) in [4.78, 5) is 14.0.